The fourth-order valence-corrected chi connectivity index (χ4v) is 8.75. The maximum atomic E-state index is 12.5. The Morgan fingerprint density at radius 1 is 0.435 bits per heavy atom. The van der Waals surface area contributed by atoms with Gasteiger partial charge in [0, 0.05) is 12.8 Å². The highest BCUT2D eigenvalue weighted by molar-refractivity contribution is 5.76. The van der Waals surface area contributed by atoms with Gasteiger partial charge in [-0.25, -0.2) is 0 Å². The van der Waals surface area contributed by atoms with Crippen LogP contribution in [0.1, 0.15) is 309 Å². The van der Waals surface area contributed by atoms with Gasteiger partial charge in [0.15, 0.2) is 0 Å². The van der Waals surface area contributed by atoms with Crippen molar-refractivity contribution >= 4 is 11.9 Å². The van der Waals surface area contributed by atoms with E-state index in [-0.39, 0.29) is 18.5 Å². The highest BCUT2D eigenvalue weighted by Gasteiger charge is 2.20. The molecule has 6 heteroatoms. The Kier molecular flexibility index (Phi) is 51.0. The number of esters is 1. The molecule has 2 atom stereocenters. The number of carbonyl (C=O) groups is 2. The summed E-state index contributed by atoms with van der Waals surface area (Å²) in [6.07, 6.45) is 60.5. The molecule has 0 spiro atoms. The minimum atomic E-state index is -0.685. The Balaban J connectivity index is 3.50. The average molecular weight is 876 g/mol. The van der Waals surface area contributed by atoms with E-state index in [2.05, 4.69) is 31.3 Å². The van der Waals surface area contributed by atoms with Crippen molar-refractivity contribution in [3.8, 4) is 0 Å². The standard InChI is InChI=1S/C56H109NO5/c1-3-5-7-9-11-13-15-17-19-20-21-22-23-25-26-28-32-36-40-44-48-54(59)53(52-58)57-55(60)49-45-41-37-33-30-31-35-39-43-47-51-62-56(61)50-46-42-38-34-29-27-24-18-16-14-12-10-8-6-4-2/h31,35,53-54,58-59H,3-30,32-34,36-52H2,1-2H3,(H,57,60)/b35-31-. The maximum Gasteiger partial charge on any atom is 0.305 e. The summed E-state index contributed by atoms with van der Waals surface area (Å²) in [6.45, 7) is 4.89. The summed E-state index contributed by atoms with van der Waals surface area (Å²) in [5, 5.41) is 23.3. The summed E-state index contributed by atoms with van der Waals surface area (Å²) >= 11 is 0. The first-order chi connectivity index (χ1) is 30.5. The van der Waals surface area contributed by atoms with E-state index in [1.807, 2.05) is 0 Å². The van der Waals surface area contributed by atoms with Crippen molar-refractivity contribution in [2.45, 2.75) is 321 Å². The first-order valence-corrected chi connectivity index (χ1v) is 27.9. The van der Waals surface area contributed by atoms with Gasteiger partial charge in [0.05, 0.1) is 25.4 Å². The third kappa shape index (κ3) is 48.1. The molecule has 0 rings (SSSR count). The number of nitrogens with one attached hydrogen (secondary N) is 1. The van der Waals surface area contributed by atoms with Crippen LogP contribution in [0.4, 0.5) is 0 Å². The predicted molar refractivity (Wildman–Crippen MR) is 269 cm³/mol. The molecule has 0 aliphatic rings. The Labute approximate surface area is 387 Å². The van der Waals surface area contributed by atoms with Crippen LogP contribution in [0.3, 0.4) is 0 Å². The lowest BCUT2D eigenvalue weighted by Gasteiger charge is -2.22. The van der Waals surface area contributed by atoms with Gasteiger partial charge >= 0.3 is 5.97 Å². The average Bonchev–Trinajstić information content (AvgIpc) is 3.27. The SMILES string of the molecule is CCCCCCCCCCCCCCCCCCCCCCC(O)C(CO)NC(=O)CCCCCC/C=C\CCCCOC(=O)CCCCCCCCCCCCCCCCC. The Morgan fingerprint density at radius 2 is 0.758 bits per heavy atom. The minimum Gasteiger partial charge on any atom is -0.466 e. The van der Waals surface area contributed by atoms with Gasteiger partial charge in [-0.05, 0) is 51.4 Å². The van der Waals surface area contributed by atoms with E-state index in [4.69, 9.17) is 4.74 Å². The minimum absolute atomic E-state index is 0.0326. The van der Waals surface area contributed by atoms with Crippen molar-refractivity contribution in [3.05, 3.63) is 12.2 Å². The molecule has 0 radical (unpaired) electrons. The lowest BCUT2D eigenvalue weighted by molar-refractivity contribution is -0.143. The van der Waals surface area contributed by atoms with Crippen molar-refractivity contribution < 1.29 is 24.5 Å². The van der Waals surface area contributed by atoms with Crippen molar-refractivity contribution in [1.82, 2.24) is 5.32 Å². The second-order valence-corrected chi connectivity index (χ2v) is 19.3. The van der Waals surface area contributed by atoms with Gasteiger partial charge in [0.2, 0.25) is 5.91 Å². The zero-order valence-electron chi connectivity index (χ0n) is 41.9. The van der Waals surface area contributed by atoms with Crippen molar-refractivity contribution in [1.29, 1.82) is 0 Å². The number of hydrogen-bond donors (Lipinski definition) is 3. The van der Waals surface area contributed by atoms with E-state index in [1.54, 1.807) is 0 Å². The second kappa shape index (κ2) is 52.2. The van der Waals surface area contributed by atoms with Crippen LogP contribution in [-0.4, -0.2) is 47.4 Å². The van der Waals surface area contributed by atoms with E-state index in [0.29, 0.717) is 25.9 Å². The highest BCUT2D eigenvalue weighted by atomic mass is 16.5. The number of rotatable bonds is 52. The molecule has 0 heterocycles. The van der Waals surface area contributed by atoms with Gasteiger partial charge in [-0.15, -0.1) is 0 Å². The molecular formula is C56H109NO5. The van der Waals surface area contributed by atoms with Crippen LogP contribution in [0.5, 0.6) is 0 Å². The summed E-state index contributed by atoms with van der Waals surface area (Å²) in [5.74, 6) is -0.1000. The molecule has 2 unspecified atom stereocenters. The zero-order valence-corrected chi connectivity index (χ0v) is 41.9. The molecule has 368 valence electrons. The van der Waals surface area contributed by atoms with Crippen LogP contribution < -0.4 is 5.32 Å². The van der Waals surface area contributed by atoms with E-state index in [9.17, 15) is 19.8 Å². The molecule has 0 saturated carbocycles. The maximum absolute atomic E-state index is 12.5. The van der Waals surface area contributed by atoms with Crippen molar-refractivity contribution in [2.24, 2.45) is 0 Å². The van der Waals surface area contributed by atoms with Crippen LogP contribution in [0.2, 0.25) is 0 Å². The van der Waals surface area contributed by atoms with Crippen molar-refractivity contribution in [3.63, 3.8) is 0 Å². The highest BCUT2D eigenvalue weighted by Crippen LogP contribution is 2.17. The zero-order chi connectivity index (χ0) is 45.1. The summed E-state index contributed by atoms with van der Waals surface area (Å²) in [7, 11) is 0. The molecule has 0 aliphatic carbocycles. The summed E-state index contributed by atoms with van der Waals surface area (Å²) in [5.41, 5.74) is 0. The van der Waals surface area contributed by atoms with E-state index >= 15 is 0 Å². The molecule has 0 aromatic heterocycles. The number of aliphatic hydroxyl groups is 2. The van der Waals surface area contributed by atoms with E-state index < -0.39 is 12.1 Å². The number of unbranched alkanes of at least 4 members (excludes halogenated alkanes) is 39. The van der Waals surface area contributed by atoms with Crippen LogP contribution in [0, 0.1) is 0 Å². The Morgan fingerprint density at radius 3 is 1.15 bits per heavy atom. The van der Waals surface area contributed by atoms with E-state index in [1.165, 1.54) is 199 Å². The molecule has 0 aliphatic heterocycles. The number of amides is 1. The van der Waals surface area contributed by atoms with Crippen LogP contribution in [-0.2, 0) is 14.3 Å². The Bertz CT molecular complexity index is 924. The number of aliphatic hydroxyl groups excluding tert-OH is 2. The lowest BCUT2D eigenvalue weighted by Crippen LogP contribution is -2.45. The molecule has 0 bridgehead atoms. The number of allylic oxidation sites excluding steroid dienone is 2. The lowest BCUT2D eigenvalue weighted by atomic mass is 10.0. The summed E-state index contributed by atoms with van der Waals surface area (Å²) in [6, 6.07) is -0.566. The number of hydrogen-bond acceptors (Lipinski definition) is 5. The van der Waals surface area contributed by atoms with Crippen LogP contribution in [0.25, 0.3) is 0 Å². The summed E-state index contributed by atoms with van der Waals surface area (Å²) in [4.78, 5) is 24.5. The molecule has 0 aromatic rings. The molecular weight excluding hydrogens is 767 g/mol. The molecule has 6 nitrogen and oxygen atoms in total. The first kappa shape index (κ1) is 60.6. The molecule has 0 aromatic carbocycles. The number of ether oxygens (including phenoxy) is 1. The van der Waals surface area contributed by atoms with Crippen LogP contribution >= 0.6 is 0 Å². The first-order valence-electron chi connectivity index (χ1n) is 27.9. The smallest absolute Gasteiger partial charge is 0.305 e. The van der Waals surface area contributed by atoms with Gasteiger partial charge in [-0.1, -0.05) is 257 Å². The van der Waals surface area contributed by atoms with Gasteiger partial charge < -0.3 is 20.3 Å². The monoisotopic (exact) mass is 876 g/mol. The summed E-state index contributed by atoms with van der Waals surface area (Å²) < 4.78 is 5.44. The topological polar surface area (TPSA) is 95.9 Å². The quantitative estimate of drug-likeness (QED) is 0.0321. The van der Waals surface area contributed by atoms with Gasteiger partial charge in [-0.3, -0.25) is 9.59 Å². The largest absolute Gasteiger partial charge is 0.466 e. The molecule has 3 N–H and O–H groups in total. The fraction of sp³-hybridized carbons (Fsp3) is 0.929. The molecule has 1 amide bonds. The second-order valence-electron chi connectivity index (χ2n) is 19.3. The molecule has 0 fully saturated rings. The van der Waals surface area contributed by atoms with Gasteiger partial charge in [-0.2, -0.15) is 0 Å². The van der Waals surface area contributed by atoms with Gasteiger partial charge in [0.1, 0.15) is 0 Å². The normalized spacial score (nSPS) is 12.6. The van der Waals surface area contributed by atoms with Gasteiger partial charge in [0.25, 0.3) is 0 Å². The van der Waals surface area contributed by atoms with Crippen molar-refractivity contribution in [2.75, 3.05) is 13.2 Å². The Hall–Kier alpha value is -1.40. The fourth-order valence-electron chi connectivity index (χ4n) is 8.75. The van der Waals surface area contributed by atoms with E-state index in [0.717, 1.165) is 77.0 Å². The number of carbonyl (C=O) groups excluding carboxylic acids is 2. The molecule has 62 heavy (non-hydrogen) atoms. The third-order valence-electron chi connectivity index (χ3n) is 13.1. The molecule has 0 saturated heterocycles. The third-order valence-corrected chi connectivity index (χ3v) is 13.1. The van der Waals surface area contributed by atoms with Crippen LogP contribution in [0.15, 0.2) is 12.2 Å². The predicted octanol–water partition coefficient (Wildman–Crippen LogP) is 16.9.